The summed E-state index contributed by atoms with van der Waals surface area (Å²) in [7, 11) is 1.53. The van der Waals surface area contributed by atoms with Crippen molar-refractivity contribution in [2.24, 2.45) is 5.73 Å². The van der Waals surface area contributed by atoms with E-state index in [1.807, 2.05) is 13.8 Å². The van der Waals surface area contributed by atoms with Crippen LogP contribution < -0.4 is 11.1 Å². The lowest BCUT2D eigenvalue weighted by molar-refractivity contribution is -0.130. The molecule has 1 rings (SSSR count). The molecule has 1 heterocycles. The summed E-state index contributed by atoms with van der Waals surface area (Å²) in [5.41, 5.74) is 5.62. The minimum absolute atomic E-state index is 0. The Morgan fingerprint density at radius 1 is 1.35 bits per heavy atom. The number of halogens is 1. The Hall–Kier alpha value is -1.34. The number of hydrogen-bond acceptors (Lipinski definition) is 4. The number of rotatable bonds is 6. The summed E-state index contributed by atoms with van der Waals surface area (Å²) in [5.74, 6) is -0.721. The van der Waals surface area contributed by atoms with E-state index >= 15 is 0 Å². The minimum atomic E-state index is -0.440. The SMILES string of the molecule is CCC(N)(CC)CNC(=O)CN1C(=O)CN(C)C1=O.Cl. The van der Waals surface area contributed by atoms with Gasteiger partial charge < -0.3 is 16.0 Å². The van der Waals surface area contributed by atoms with Crippen molar-refractivity contribution in [3.05, 3.63) is 0 Å². The van der Waals surface area contributed by atoms with E-state index in [9.17, 15) is 14.4 Å². The Labute approximate surface area is 125 Å². The Bertz CT molecular complexity index is 385. The van der Waals surface area contributed by atoms with Crippen molar-refractivity contribution in [1.82, 2.24) is 15.1 Å². The van der Waals surface area contributed by atoms with Crippen LogP contribution in [-0.2, 0) is 9.59 Å². The van der Waals surface area contributed by atoms with E-state index in [2.05, 4.69) is 5.32 Å². The third-order valence-electron chi connectivity index (χ3n) is 3.58. The highest BCUT2D eigenvalue weighted by Gasteiger charge is 2.35. The molecule has 0 bridgehead atoms. The van der Waals surface area contributed by atoms with Gasteiger partial charge in [-0.1, -0.05) is 13.8 Å². The van der Waals surface area contributed by atoms with Gasteiger partial charge in [0.1, 0.15) is 13.1 Å². The number of likely N-dealkylation sites (N-methyl/N-ethyl adjacent to an activating group) is 1. The minimum Gasteiger partial charge on any atom is -0.353 e. The lowest BCUT2D eigenvalue weighted by Gasteiger charge is -2.27. The summed E-state index contributed by atoms with van der Waals surface area (Å²) in [6, 6.07) is -0.440. The fourth-order valence-corrected chi connectivity index (χ4v) is 1.80. The van der Waals surface area contributed by atoms with E-state index in [0.717, 1.165) is 17.7 Å². The maximum atomic E-state index is 11.7. The van der Waals surface area contributed by atoms with Gasteiger partial charge in [0.25, 0.3) is 5.91 Å². The van der Waals surface area contributed by atoms with Crippen LogP contribution >= 0.6 is 12.4 Å². The van der Waals surface area contributed by atoms with E-state index in [1.54, 1.807) is 0 Å². The Balaban J connectivity index is 0.00000361. The first-order chi connectivity index (χ1) is 8.83. The van der Waals surface area contributed by atoms with Crippen LogP contribution in [0.2, 0.25) is 0 Å². The summed E-state index contributed by atoms with van der Waals surface area (Å²) in [6.07, 6.45) is 1.49. The largest absolute Gasteiger partial charge is 0.353 e. The predicted octanol–water partition coefficient (Wildman–Crippen LogP) is -0.0641. The summed E-state index contributed by atoms with van der Waals surface area (Å²) in [5, 5.41) is 2.68. The van der Waals surface area contributed by atoms with Crippen molar-refractivity contribution in [3.8, 4) is 0 Å². The number of carbonyl (C=O) groups is 3. The van der Waals surface area contributed by atoms with Gasteiger partial charge in [0.15, 0.2) is 0 Å². The van der Waals surface area contributed by atoms with Gasteiger partial charge in [-0.3, -0.25) is 14.5 Å². The zero-order valence-corrected chi connectivity index (χ0v) is 13.0. The molecule has 0 unspecified atom stereocenters. The molecule has 1 aliphatic rings. The van der Waals surface area contributed by atoms with Crippen LogP contribution in [0.1, 0.15) is 26.7 Å². The number of nitrogens with one attached hydrogen (secondary N) is 1. The van der Waals surface area contributed by atoms with Gasteiger partial charge in [-0.15, -0.1) is 12.4 Å². The molecule has 0 saturated carbocycles. The second kappa shape index (κ2) is 7.44. The number of amides is 4. The van der Waals surface area contributed by atoms with E-state index in [4.69, 9.17) is 5.73 Å². The molecular weight excluding hydrogens is 284 g/mol. The standard InChI is InChI=1S/C12H22N4O3.ClH/c1-4-12(13,5-2)8-14-9(17)6-16-10(18)7-15(3)11(16)19;/h4-8,13H2,1-3H3,(H,14,17);1H. The van der Waals surface area contributed by atoms with Crippen LogP contribution in [0.15, 0.2) is 0 Å². The first-order valence-corrected chi connectivity index (χ1v) is 6.44. The third-order valence-corrected chi connectivity index (χ3v) is 3.58. The molecule has 8 heteroatoms. The van der Waals surface area contributed by atoms with Crippen molar-refractivity contribution < 1.29 is 14.4 Å². The van der Waals surface area contributed by atoms with Crippen LogP contribution in [0.5, 0.6) is 0 Å². The van der Waals surface area contributed by atoms with Crippen molar-refractivity contribution >= 4 is 30.3 Å². The molecule has 0 atom stereocenters. The van der Waals surface area contributed by atoms with Crippen LogP contribution in [-0.4, -0.2) is 59.9 Å². The van der Waals surface area contributed by atoms with Gasteiger partial charge in [0.05, 0.1) is 0 Å². The fourth-order valence-electron chi connectivity index (χ4n) is 1.80. The van der Waals surface area contributed by atoms with E-state index in [0.29, 0.717) is 6.54 Å². The third kappa shape index (κ3) is 4.35. The zero-order chi connectivity index (χ0) is 14.6. The summed E-state index contributed by atoms with van der Waals surface area (Å²) in [6.45, 7) is 4.03. The molecule has 0 radical (unpaired) electrons. The second-order valence-corrected chi connectivity index (χ2v) is 4.96. The maximum Gasteiger partial charge on any atom is 0.327 e. The summed E-state index contributed by atoms with van der Waals surface area (Å²) < 4.78 is 0. The van der Waals surface area contributed by atoms with Gasteiger partial charge in [0.2, 0.25) is 5.91 Å². The molecule has 7 nitrogen and oxygen atoms in total. The van der Waals surface area contributed by atoms with Crippen molar-refractivity contribution in [1.29, 1.82) is 0 Å². The van der Waals surface area contributed by atoms with E-state index in [1.165, 1.54) is 11.9 Å². The first kappa shape index (κ1) is 18.7. The first-order valence-electron chi connectivity index (χ1n) is 6.44. The average Bonchev–Trinajstić information content (AvgIpc) is 2.63. The maximum absolute atomic E-state index is 11.7. The lowest BCUT2D eigenvalue weighted by Crippen LogP contribution is -2.51. The van der Waals surface area contributed by atoms with Crippen molar-refractivity contribution in [2.75, 3.05) is 26.7 Å². The molecule has 0 aliphatic carbocycles. The quantitative estimate of drug-likeness (QED) is 0.672. The Morgan fingerprint density at radius 2 is 1.90 bits per heavy atom. The predicted molar refractivity (Wildman–Crippen MR) is 77.5 cm³/mol. The number of nitrogens with zero attached hydrogens (tertiary/aromatic N) is 2. The molecule has 0 aromatic heterocycles. The second-order valence-electron chi connectivity index (χ2n) is 4.96. The van der Waals surface area contributed by atoms with E-state index < -0.39 is 11.6 Å². The molecule has 1 saturated heterocycles. The van der Waals surface area contributed by atoms with Crippen LogP contribution in [0.4, 0.5) is 4.79 Å². The van der Waals surface area contributed by atoms with Crippen LogP contribution in [0.25, 0.3) is 0 Å². The van der Waals surface area contributed by atoms with Crippen molar-refractivity contribution in [2.45, 2.75) is 32.2 Å². The molecular formula is C12H23ClN4O3. The van der Waals surface area contributed by atoms with Gasteiger partial charge in [-0.2, -0.15) is 0 Å². The van der Waals surface area contributed by atoms with Crippen LogP contribution in [0.3, 0.4) is 0 Å². The molecule has 20 heavy (non-hydrogen) atoms. The molecule has 0 aromatic rings. The van der Waals surface area contributed by atoms with E-state index in [-0.39, 0.29) is 37.3 Å². The van der Waals surface area contributed by atoms with Gasteiger partial charge in [-0.05, 0) is 12.8 Å². The molecule has 116 valence electrons. The van der Waals surface area contributed by atoms with Gasteiger partial charge >= 0.3 is 6.03 Å². The highest BCUT2D eigenvalue weighted by atomic mass is 35.5. The zero-order valence-electron chi connectivity index (χ0n) is 12.1. The Kier molecular flexibility index (Phi) is 6.95. The normalized spacial score (nSPS) is 15.4. The number of carbonyl (C=O) groups excluding carboxylic acids is 3. The molecule has 0 spiro atoms. The smallest absolute Gasteiger partial charge is 0.327 e. The van der Waals surface area contributed by atoms with Crippen molar-refractivity contribution in [3.63, 3.8) is 0 Å². The van der Waals surface area contributed by atoms with Gasteiger partial charge in [0, 0.05) is 19.1 Å². The Morgan fingerprint density at radius 3 is 2.30 bits per heavy atom. The molecule has 1 fully saturated rings. The highest BCUT2D eigenvalue weighted by molar-refractivity contribution is 6.04. The van der Waals surface area contributed by atoms with Gasteiger partial charge in [-0.25, -0.2) is 4.79 Å². The topological polar surface area (TPSA) is 95.7 Å². The fraction of sp³-hybridized carbons (Fsp3) is 0.750. The average molecular weight is 307 g/mol. The molecule has 3 N–H and O–H groups in total. The monoisotopic (exact) mass is 306 g/mol. The molecule has 1 aliphatic heterocycles. The van der Waals surface area contributed by atoms with Crippen LogP contribution in [0, 0.1) is 0 Å². The summed E-state index contributed by atoms with van der Waals surface area (Å²) >= 11 is 0. The number of hydrogen-bond donors (Lipinski definition) is 2. The number of imide groups is 1. The summed E-state index contributed by atoms with van der Waals surface area (Å²) in [4.78, 5) is 37.1. The molecule has 0 aromatic carbocycles. The molecule has 4 amide bonds. The highest BCUT2D eigenvalue weighted by Crippen LogP contribution is 2.10. The lowest BCUT2D eigenvalue weighted by atomic mass is 9.94. The number of nitrogens with two attached hydrogens (primary N) is 1. The number of urea groups is 1.